The van der Waals surface area contributed by atoms with Crippen LogP contribution in [0, 0.1) is 29.5 Å². The number of benzene rings is 1. The van der Waals surface area contributed by atoms with Gasteiger partial charge in [0.25, 0.3) is 5.56 Å². The van der Waals surface area contributed by atoms with Crippen molar-refractivity contribution in [3.8, 4) is 6.07 Å². The lowest BCUT2D eigenvalue weighted by atomic mass is 9.76. The van der Waals surface area contributed by atoms with Gasteiger partial charge in [-0.25, -0.2) is 9.18 Å². The molecule has 1 aromatic carbocycles. The molecule has 3 N–H and O–H groups in total. The van der Waals surface area contributed by atoms with Crippen molar-refractivity contribution < 1.29 is 4.39 Å². The molecule has 1 aliphatic heterocycles. The van der Waals surface area contributed by atoms with Gasteiger partial charge in [-0.15, -0.1) is 0 Å². The Morgan fingerprint density at radius 1 is 1.45 bits per heavy atom. The van der Waals surface area contributed by atoms with Crippen LogP contribution in [0.4, 0.5) is 4.39 Å². The summed E-state index contributed by atoms with van der Waals surface area (Å²) in [4.78, 5) is 27.3. The van der Waals surface area contributed by atoms with Gasteiger partial charge in [-0.2, -0.15) is 5.26 Å². The minimum absolute atomic E-state index is 0.0487. The summed E-state index contributed by atoms with van der Waals surface area (Å²) in [5.74, 6) is -0.455. The minimum Gasteiger partial charge on any atom is -0.316 e. The Bertz CT molecular complexity index is 1100. The van der Waals surface area contributed by atoms with Crippen molar-refractivity contribution >= 4 is 10.9 Å². The van der Waals surface area contributed by atoms with E-state index < -0.39 is 17.1 Å². The van der Waals surface area contributed by atoms with Crippen molar-refractivity contribution in [3.05, 3.63) is 43.8 Å². The van der Waals surface area contributed by atoms with Crippen LogP contribution in [0.5, 0.6) is 0 Å². The summed E-state index contributed by atoms with van der Waals surface area (Å²) in [6.07, 6.45) is 2.93. The molecule has 2 heterocycles. The second-order valence-electron chi connectivity index (χ2n) is 8.53. The lowest BCUT2D eigenvalue weighted by Gasteiger charge is -2.36. The highest BCUT2D eigenvalue weighted by Gasteiger charge is 2.40. The van der Waals surface area contributed by atoms with Crippen LogP contribution < -0.4 is 21.9 Å². The van der Waals surface area contributed by atoms with Crippen LogP contribution in [0.2, 0.25) is 0 Å². The van der Waals surface area contributed by atoms with E-state index in [-0.39, 0.29) is 22.9 Å². The number of H-pyrrole nitrogens is 1. The number of nitrogens with one attached hydrogen (secondary N) is 3. The first-order chi connectivity index (χ1) is 13.9. The number of aromatic nitrogens is 2. The van der Waals surface area contributed by atoms with E-state index in [1.165, 1.54) is 6.07 Å². The Labute approximate surface area is 167 Å². The number of hydrogen-bond donors (Lipinski definition) is 3. The summed E-state index contributed by atoms with van der Waals surface area (Å²) in [5.41, 5.74) is 0.394. The molecule has 7 nitrogen and oxygen atoms in total. The fraction of sp³-hybridized carbons (Fsp3) is 0.571. The highest BCUT2D eigenvalue weighted by molar-refractivity contribution is 5.83. The van der Waals surface area contributed by atoms with Crippen LogP contribution in [0.15, 0.2) is 15.7 Å². The summed E-state index contributed by atoms with van der Waals surface area (Å²) in [6.45, 7) is 5.90. The first kappa shape index (κ1) is 19.8. The maximum absolute atomic E-state index is 15.4. The highest BCUT2D eigenvalue weighted by atomic mass is 19.1. The van der Waals surface area contributed by atoms with E-state index in [4.69, 9.17) is 5.26 Å². The number of halogens is 1. The molecule has 1 aliphatic carbocycles. The van der Waals surface area contributed by atoms with Gasteiger partial charge in [-0.05, 0) is 44.4 Å². The lowest BCUT2D eigenvalue weighted by Crippen LogP contribution is -2.40. The van der Waals surface area contributed by atoms with Gasteiger partial charge in [0.05, 0.1) is 17.0 Å². The number of fused-ring (bicyclic) bond motifs is 1. The van der Waals surface area contributed by atoms with Crippen molar-refractivity contribution in [1.29, 1.82) is 5.26 Å². The molecule has 8 heteroatoms. The summed E-state index contributed by atoms with van der Waals surface area (Å²) in [6, 6.07) is 3.10. The molecule has 4 rings (SSSR count). The van der Waals surface area contributed by atoms with Crippen molar-refractivity contribution in [2.24, 2.45) is 5.41 Å². The van der Waals surface area contributed by atoms with Crippen LogP contribution in [-0.2, 0) is 0 Å². The smallest absolute Gasteiger partial charge is 0.316 e. The number of aromatic amines is 1. The summed E-state index contributed by atoms with van der Waals surface area (Å²) in [7, 11) is 0. The molecule has 1 saturated heterocycles. The van der Waals surface area contributed by atoms with Gasteiger partial charge in [0, 0.05) is 42.6 Å². The minimum atomic E-state index is -0.557. The monoisotopic (exact) mass is 399 g/mol. The molecular formula is C21H26FN5O2. The van der Waals surface area contributed by atoms with Crippen LogP contribution in [-0.4, -0.2) is 29.2 Å². The Hall–Kier alpha value is -2.50. The molecular weight excluding hydrogens is 373 g/mol. The molecule has 29 heavy (non-hydrogen) atoms. The van der Waals surface area contributed by atoms with Crippen LogP contribution in [0.3, 0.4) is 0 Å². The average Bonchev–Trinajstić information content (AvgIpc) is 3.41. The number of hydrogen-bond acceptors (Lipinski definition) is 5. The second kappa shape index (κ2) is 7.39. The van der Waals surface area contributed by atoms with Crippen LogP contribution in [0.1, 0.15) is 55.8 Å². The van der Waals surface area contributed by atoms with Gasteiger partial charge >= 0.3 is 5.69 Å². The molecule has 1 aromatic heterocycles. The molecule has 2 unspecified atom stereocenters. The molecule has 0 radical (unpaired) electrons. The number of aryl methyl sites for hydroxylation is 1. The van der Waals surface area contributed by atoms with E-state index in [0.29, 0.717) is 29.6 Å². The van der Waals surface area contributed by atoms with Gasteiger partial charge in [0.15, 0.2) is 0 Å². The Morgan fingerprint density at radius 2 is 2.21 bits per heavy atom. The molecule has 2 fully saturated rings. The van der Waals surface area contributed by atoms with Gasteiger partial charge < -0.3 is 10.6 Å². The van der Waals surface area contributed by atoms with E-state index in [0.717, 1.165) is 32.4 Å². The number of nitriles is 1. The number of nitrogens with zero attached hydrogens (tertiary/aromatic N) is 2. The Morgan fingerprint density at radius 3 is 2.83 bits per heavy atom. The van der Waals surface area contributed by atoms with Crippen molar-refractivity contribution in [3.63, 3.8) is 0 Å². The quantitative estimate of drug-likeness (QED) is 0.645. The van der Waals surface area contributed by atoms with Crippen molar-refractivity contribution in [2.45, 2.75) is 51.6 Å². The SMILES string of the molecule is Cc1c(C(NCCC#N)C2(C)CCNC2)c(F)cc2c(=O)[nH]c(=O)n(C3CC3)c12. The second-order valence-corrected chi connectivity index (χ2v) is 8.53. The van der Waals surface area contributed by atoms with Crippen LogP contribution >= 0.6 is 0 Å². The standard InChI is InChI=1S/C21H26FN5O2/c1-12-16(18(25-8-3-7-23)21(2)6-9-24-11-21)15(22)10-14-17(12)27(13-4-5-13)20(29)26-19(14)28/h10,13,18,24-25H,3-6,8-9,11H2,1-2H3,(H,26,28,29). The fourth-order valence-electron chi connectivity index (χ4n) is 4.68. The van der Waals surface area contributed by atoms with Crippen molar-refractivity contribution in [2.75, 3.05) is 19.6 Å². The Balaban J connectivity index is 1.96. The van der Waals surface area contributed by atoms with E-state index in [9.17, 15) is 9.59 Å². The zero-order valence-electron chi connectivity index (χ0n) is 16.8. The molecule has 0 bridgehead atoms. The predicted molar refractivity (Wildman–Crippen MR) is 108 cm³/mol. The highest BCUT2D eigenvalue weighted by Crippen LogP contribution is 2.43. The predicted octanol–water partition coefficient (Wildman–Crippen LogP) is 2.02. The van der Waals surface area contributed by atoms with Gasteiger partial charge in [0.1, 0.15) is 5.82 Å². The third-order valence-corrected chi connectivity index (χ3v) is 6.35. The normalized spacial score (nSPS) is 22.7. The van der Waals surface area contributed by atoms with Gasteiger partial charge in [-0.3, -0.25) is 14.3 Å². The zero-order valence-corrected chi connectivity index (χ0v) is 16.8. The van der Waals surface area contributed by atoms with E-state index in [1.807, 2.05) is 0 Å². The number of rotatable bonds is 6. The zero-order chi connectivity index (χ0) is 20.8. The molecule has 0 spiro atoms. The van der Waals surface area contributed by atoms with Crippen LogP contribution in [0.25, 0.3) is 10.9 Å². The molecule has 1 saturated carbocycles. The molecule has 2 aromatic rings. The molecule has 2 atom stereocenters. The average molecular weight is 399 g/mol. The Kier molecular flexibility index (Phi) is 5.05. The van der Waals surface area contributed by atoms with Gasteiger partial charge in [0.2, 0.25) is 0 Å². The maximum atomic E-state index is 15.4. The van der Waals surface area contributed by atoms with E-state index >= 15 is 4.39 Å². The molecule has 154 valence electrons. The van der Waals surface area contributed by atoms with Gasteiger partial charge in [-0.1, -0.05) is 6.92 Å². The third-order valence-electron chi connectivity index (χ3n) is 6.35. The first-order valence-corrected chi connectivity index (χ1v) is 10.2. The lowest BCUT2D eigenvalue weighted by molar-refractivity contribution is 0.238. The summed E-state index contributed by atoms with van der Waals surface area (Å²) < 4.78 is 17.0. The van der Waals surface area contributed by atoms with Crippen molar-refractivity contribution in [1.82, 2.24) is 20.2 Å². The van der Waals surface area contributed by atoms with E-state index in [2.05, 4.69) is 28.6 Å². The largest absolute Gasteiger partial charge is 0.329 e. The molecule has 2 aliphatic rings. The van der Waals surface area contributed by atoms with E-state index in [1.54, 1.807) is 11.5 Å². The summed E-state index contributed by atoms with van der Waals surface area (Å²) >= 11 is 0. The topological polar surface area (TPSA) is 103 Å². The maximum Gasteiger partial charge on any atom is 0.329 e. The first-order valence-electron chi connectivity index (χ1n) is 10.2. The fourth-order valence-corrected chi connectivity index (χ4v) is 4.68. The third kappa shape index (κ3) is 3.38. The summed E-state index contributed by atoms with van der Waals surface area (Å²) in [5, 5.41) is 15.9. The molecule has 0 amide bonds.